The second kappa shape index (κ2) is 7.23. The van der Waals surface area contributed by atoms with Crippen LogP contribution in [-0.4, -0.2) is 32.2 Å². The van der Waals surface area contributed by atoms with Gasteiger partial charge >= 0.3 is 5.97 Å². The van der Waals surface area contributed by atoms with Crippen molar-refractivity contribution in [1.29, 1.82) is 0 Å². The number of esters is 1. The van der Waals surface area contributed by atoms with Crippen molar-refractivity contribution >= 4 is 28.6 Å². The Labute approximate surface area is 166 Å². The van der Waals surface area contributed by atoms with Crippen molar-refractivity contribution in [2.45, 2.75) is 6.92 Å². The Balaban J connectivity index is 1.83. The first-order valence-corrected chi connectivity index (χ1v) is 8.95. The summed E-state index contributed by atoms with van der Waals surface area (Å²) in [5.41, 5.74) is 2.80. The van der Waals surface area contributed by atoms with Gasteiger partial charge in [0.2, 0.25) is 5.95 Å². The summed E-state index contributed by atoms with van der Waals surface area (Å²) in [6, 6.07) is 14.2. The first-order valence-electron chi connectivity index (χ1n) is 8.95. The van der Waals surface area contributed by atoms with E-state index in [1.807, 2.05) is 37.3 Å². The number of pyridine rings is 1. The van der Waals surface area contributed by atoms with E-state index in [0.29, 0.717) is 23.0 Å². The monoisotopic (exact) mass is 389 g/mol. The van der Waals surface area contributed by atoms with Gasteiger partial charge in [0.25, 0.3) is 5.56 Å². The van der Waals surface area contributed by atoms with E-state index in [9.17, 15) is 9.59 Å². The van der Waals surface area contributed by atoms with E-state index >= 15 is 0 Å². The normalized spacial score (nSPS) is 10.9. The molecule has 29 heavy (non-hydrogen) atoms. The molecular formula is C21H19N5O3. The fourth-order valence-corrected chi connectivity index (χ4v) is 3.22. The van der Waals surface area contributed by atoms with E-state index in [0.717, 1.165) is 16.8 Å². The minimum absolute atomic E-state index is 0.180. The fourth-order valence-electron chi connectivity index (χ4n) is 3.22. The lowest BCUT2D eigenvalue weighted by Crippen LogP contribution is -2.19. The summed E-state index contributed by atoms with van der Waals surface area (Å²) < 4.78 is 7.99. The van der Waals surface area contributed by atoms with Crippen molar-refractivity contribution in [2.24, 2.45) is 7.05 Å². The number of carbonyl (C=O) groups excluding carboxylic acids is 1. The maximum absolute atomic E-state index is 12.6. The summed E-state index contributed by atoms with van der Waals surface area (Å²) in [6.45, 7) is 1.86. The third kappa shape index (κ3) is 3.36. The summed E-state index contributed by atoms with van der Waals surface area (Å²) >= 11 is 0. The number of benzene rings is 1. The number of aryl methyl sites for hydroxylation is 2. The second-order valence-electron chi connectivity index (χ2n) is 6.55. The lowest BCUT2D eigenvalue weighted by atomic mass is 10.2. The van der Waals surface area contributed by atoms with Crippen LogP contribution in [0.3, 0.4) is 0 Å². The third-order valence-corrected chi connectivity index (χ3v) is 4.61. The van der Waals surface area contributed by atoms with Gasteiger partial charge in [-0.15, -0.1) is 0 Å². The predicted molar refractivity (Wildman–Crippen MR) is 110 cm³/mol. The number of hydrogen-bond acceptors (Lipinski definition) is 6. The number of ether oxygens (including phenoxy) is 1. The summed E-state index contributed by atoms with van der Waals surface area (Å²) in [6.07, 6.45) is 1.74. The molecular weight excluding hydrogens is 370 g/mol. The minimum atomic E-state index is -0.436. The topological polar surface area (TPSA) is 91.0 Å². The molecule has 0 fully saturated rings. The smallest absolute Gasteiger partial charge is 0.354 e. The number of hydrogen-bond donors (Lipinski definition) is 1. The number of anilines is 2. The van der Waals surface area contributed by atoms with E-state index in [-0.39, 0.29) is 5.56 Å². The number of aromatic nitrogens is 4. The molecule has 146 valence electrons. The van der Waals surface area contributed by atoms with Gasteiger partial charge in [-0.25, -0.2) is 9.78 Å². The number of fused-ring (bicyclic) bond motifs is 1. The van der Waals surface area contributed by atoms with E-state index in [1.165, 1.54) is 13.2 Å². The van der Waals surface area contributed by atoms with Crippen molar-refractivity contribution < 1.29 is 9.53 Å². The Bertz CT molecular complexity index is 1270. The van der Waals surface area contributed by atoms with Crippen molar-refractivity contribution in [2.75, 3.05) is 12.4 Å². The maximum Gasteiger partial charge on any atom is 0.354 e. The summed E-state index contributed by atoms with van der Waals surface area (Å²) in [7, 11) is 3.08. The maximum atomic E-state index is 12.6. The molecule has 0 atom stereocenters. The van der Waals surface area contributed by atoms with Crippen molar-refractivity contribution in [3.63, 3.8) is 0 Å². The highest BCUT2D eigenvalue weighted by molar-refractivity contribution is 5.89. The van der Waals surface area contributed by atoms with E-state index < -0.39 is 5.97 Å². The highest BCUT2D eigenvalue weighted by Crippen LogP contribution is 2.22. The molecule has 0 aliphatic heterocycles. The average Bonchev–Trinajstić information content (AvgIpc) is 3.07. The Morgan fingerprint density at radius 1 is 1.10 bits per heavy atom. The Hall–Kier alpha value is -3.94. The lowest BCUT2D eigenvalue weighted by Gasteiger charge is -2.12. The molecule has 0 aliphatic rings. The third-order valence-electron chi connectivity index (χ3n) is 4.61. The molecule has 3 aromatic heterocycles. The molecule has 0 saturated heterocycles. The van der Waals surface area contributed by atoms with E-state index in [2.05, 4.69) is 15.3 Å². The number of methoxy groups -OCH3 is 1. The molecule has 4 aromatic rings. The van der Waals surface area contributed by atoms with Crippen LogP contribution in [0, 0.1) is 6.92 Å². The summed E-state index contributed by atoms with van der Waals surface area (Å²) in [5, 5.41) is 3.89. The van der Waals surface area contributed by atoms with Crippen molar-refractivity contribution in [3.05, 3.63) is 76.5 Å². The zero-order valence-corrected chi connectivity index (χ0v) is 16.2. The number of para-hydroxylation sites is 1. The summed E-state index contributed by atoms with van der Waals surface area (Å²) in [5.74, 6) is -0.110. The Morgan fingerprint density at radius 2 is 1.86 bits per heavy atom. The van der Waals surface area contributed by atoms with Crippen LogP contribution >= 0.6 is 0 Å². The van der Waals surface area contributed by atoms with Crippen LogP contribution in [0.2, 0.25) is 0 Å². The molecule has 8 heteroatoms. The van der Waals surface area contributed by atoms with Crippen LogP contribution in [0.4, 0.5) is 11.6 Å². The first-order chi connectivity index (χ1) is 14.0. The van der Waals surface area contributed by atoms with E-state index in [1.54, 1.807) is 34.5 Å². The fraction of sp³-hybridized carbons (Fsp3) is 0.143. The van der Waals surface area contributed by atoms with Gasteiger partial charge in [-0.1, -0.05) is 18.2 Å². The first kappa shape index (κ1) is 18.4. The zero-order chi connectivity index (χ0) is 20.5. The van der Waals surface area contributed by atoms with Crippen LogP contribution in [0.5, 0.6) is 0 Å². The molecule has 0 unspecified atom stereocenters. The van der Waals surface area contributed by atoms with Gasteiger partial charge in [-0.05, 0) is 31.2 Å². The quantitative estimate of drug-likeness (QED) is 0.540. The van der Waals surface area contributed by atoms with Crippen molar-refractivity contribution in [1.82, 2.24) is 19.1 Å². The average molecular weight is 389 g/mol. The van der Waals surface area contributed by atoms with Crippen molar-refractivity contribution in [3.8, 4) is 5.69 Å². The molecule has 4 rings (SSSR count). The molecule has 1 N–H and O–H groups in total. The van der Waals surface area contributed by atoms with Gasteiger partial charge < -0.3 is 14.6 Å². The minimum Gasteiger partial charge on any atom is -0.464 e. The highest BCUT2D eigenvalue weighted by Gasteiger charge is 2.15. The molecule has 0 spiro atoms. The highest BCUT2D eigenvalue weighted by atomic mass is 16.5. The van der Waals surface area contributed by atoms with Gasteiger partial charge in [0, 0.05) is 24.7 Å². The predicted octanol–water partition coefficient (Wildman–Crippen LogP) is 2.96. The van der Waals surface area contributed by atoms with E-state index in [4.69, 9.17) is 4.74 Å². The molecule has 0 radical (unpaired) electrons. The molecule has 8 nitrogen and oxygen atoms in total. The Kier molecular flexibility index (Phi) is 4.59. The van der Waals surface area contributed by atoms with Crippen LogP contribution in [0.25, 0.3) is 16.7 Å². The van der Waals surface area contributed by atoms with Crippen LogP contribution in [0.15, 0.2) is 59.5 Å². The summed E-state index contributed by atoms with van der Waals surface area (Å²) in [4.78, 5) is 33.5. The lowest BCUT2D eigenvalue weighted by molar-refractivity contribution is 0.0590. The van der Waals surface area contributed by atoms with Gasteiger partial charge in [-0.3, -0.25) is 9.36 Å². The zero-order valence-electron chi connectivity index (χ0n) is 16.2. The number of rotatable bonds is 4. The van der Waals surface area contributed by atoms with Crippen LogP contribution in [-0.2, 0) is 11.8 Å². The molecule has 1 aromatic carbocycles. The van der Waals surface area contributed by atoms with Gasteiger partial charge in [0.05, 0.1) is 24.2 Å². The van der Waals surface area contributed by atoms with Crippen LogP contribution < -0.4 is 10.9 Å². The van der Waals surface area contributed by atoms with Gasteiger partial charge in [0.15, 0.2) is 5.65 Å². The molecule has 0 aliphatic carbocycles. The number of nitrogens with zero attached hydrogens (tertiary/aromatic N) is 4. The molecule has 3 heterocycles. The largest absolute Gasteiger partial charge is 0.464 e. The molecule has 0 amide bonds. The Morgan fingerprint density at radius 3 is 2.59 bits per heavy atom. The molecule has 0 saturated carbocycles. The SMILES string of the molecule is COC(=O)c1cc(Nc2nc(C)c3ccc(=O)n(-c4ccccc4)c3n2)cn1C. The number of carbonyl (C=O) groups is 1. The van der Waals surface area contributed by atoms with Gasteiger partial charge in [-0.2, -0.15) is 4.98 Å². The van der Waals surface area contributed by atoms with Gasteiger partial charge in [0.1, 0.15) is 5.69 Å². The van der Waals surface area contributed by atoms with Crippen LogP contribution in [0.1, 0.15) is 16.2 Å². The number of nitrogens with one attached hydrogen (secondary N) is 1. The molecule has 0 bridgehead atoms. The standard InChI is InChI=1S/C21H19N5O3/c1-13-16-9-10-18(27)26(15-7-5-4-6-8-15)19(16)24-21(22-13)23-14-11-17(20(28)29-3)25(2)12-14/h4-12H,1-3H3,(H,22,23,24). The second-order valence-corrected chi connectivity index (χ2v) is 6.55.